The maximum absolute atomic E-state index is 13.5. The van der Waals surface area contributed by atoms with E-state index in [2.05, 4.69) is 15.8 Å². The van der Waals surface area contributed by atoms with Gasteiger partial charge in [0.15, 0.2) is 5.82 Å². The molecule has 2 bridgehead atoms. The number of anilines is 1. The van der Waals surface area contributed by atoms with Gasteiger partial charge in [-0.2, -0.15) is 0 Å². The summed E-state index contributed by atoms with van der Waals surface area (Å²) in [6.45, 7) is 7.43. The molecule has 3 fully saturated rings. The number of likely N-dealkylation sites (tertiary alicyclic amines) is 1. The molecule has 5 rings (SSSR count). The lowest BCUT2D eigenvalue weighted by atomic mass is 9.74. The monoisotopic (exact) mass is 414 g/mol. The number of carbonyl (C=O) groups excluding carboxylic acids is 3. The largest absolute Gasteiger partial charge is 0.360 e. The third-order valence-corrected chi connectivity index (χ3v) is 6.18. The van der Waals surface area contributed by atoms with Crippen LogP contribution in [-0.4, -0.2) is 57.1 Å². The average molecular weight is 414 g/mol. The SMILES string of the molecule is Cc1cc(NC(=O)[C@@H]2[C@@H]3C=C[C@]4(O3)[C@@H]2C(=O)N(C2CC2)[C@@H]4C(=O)NC(C)(C)C)no1. The second-order valence-corrected chi connectivity index (χ2v) is 9.73. The van der Waals surface area contributed by atoms with Crippen molar-refractivity contribution in [3.63, 3.8) is 0 Å². The Morgan fingerprint density at radius 1 is 1.27 bits per heavy atom. The van der Waals surface area contributed by atoms with E-state index >= 15 is 0 Å². The molecule has 0 aromatic carbocycles. The minimum absolute atomic E-state index is 0.0196. The lowest BCUT2D eigenvalue weighted by Gasteiger charge is -2.34. The number of amides is 3. The molecule has 1 spiro atoms. The van der Waals surface area contributed by atoms with Crippen LogP contribution in [0.2, 0.25) is 0 Å². The summed E-state index contributed by atoms with van der Waals surface area (Å²) in [4.78, 5) is 41.6. The van der Waals surface area contributed by atoms with E-state index in [-0.39, 0.29) is 23.8 Å². The molecule has 4 heterocycles. The molecule has 1 aromatic heterocycles. The molecule has 5 atom stereocenters. The Bertz CT molecular complexity index is 959. The van der Waals surface area contributed by atoms with Gasteiger partial charge in [0, 0.05) is 17.6 Å². The smallest absolute Gasteiger partial charge is 0.246 e. The highest BCUT2D eigenvalue weighted by Crippen LogP contribution is 2.57. The van der Waals surface area contributed by atoms with Gasteiger partial charge in [-0.15, -0.1) is 0 Å². The summed E-state index contributed by atoms with van der Waals surface area (Å²) >= 11 is 0. The molecule has 2 N–H and O–H groups in total. The van der Waals surface area contributed by atoms with Gasteiger partial charge in [-0.25, -0.2) is 0 Å². The van der Waals surface area contributed by atoms with E-state index in [0.717, 1.165) is 12.8 Å². The fraction of sp³-hybridized carbons (Fsp3) is 0.619. The molecule has 3 aliphatic heterocycles. The third kappa shape index (κ3) is 2.79. The molecule has 4 aliphatic rings. The molecule has 160 valence electrons. The highest BCUT2D eigenvalue weighted by Gasteiger charge is 2.74. The van der Waals surface area contributed by atoms with Gasteiger partial charge in [-0.3, -0.25) is 14.4 Å². The van der Waals surface area contributed by atoms with Crippen LogP contribution in [0.25, 0.3) is 0 Å². The van der Waals surface area contributed by atoms with Gasteiger partial charge in [0.25, 0.3) is 0 Å². The Morgan fingerprint density at radius 2 is 2.00 bits per heavy atom. The standard InChI is InChI=1S/C21H26N4O5/c1-10-9-13(24-30-10)22-17(26)14-12-7-8-21(29-12)15(14)19(28)25(11-5-6-11)16(21)18(27)23-20(2,3)4/h7-9,11-12,14-16H,5-6H2,1-4H3,(H,23,27)(H,22,24,26)/t12-,14+,15-,16+,21-/m0/s1. The molecular formula is C21H26N4O5. The van der Waals surface area contributed by atoms with Gasteiger partial charge >= 0.3 is 0 Å². The van der Waals surface area contributed by atoms with Crippen molar-refractivity contribution < 1.29 is 23.6 Å². The van der Waals surface area contributed by atoms with E-state index in [1.54, 1.807) is 24.0 Å². The highest BCUT2D eigenvalue weighted by atomic mass is 16.5. The third-order valence-electron chi connectivity index (χ3n) is 6.18. The fourth-order valence-electron chi connectivity index (χ4n) is 5.03. The minimum Gasteiger partial charge on any atom is -0.360 e. The van der Waals surface area contributed by atoms with E-state index < -0.39 is 35.1 Å². The van der Waals surface area contributed by atoms with Gasteiger partial charge in [0.1, 0.15) is 17.4 Å². The summed E-state index contributed by atoms with van der Waals surface area (Å²) < 4.78 is 11.3. The summed E-state index contributed by atoms with van der Waals surface area (Å²) in [5.41, 5.74) is -1.58. The first-order valence-corrected chi connectivity index (χ1v) is 10.4. The second-order valence-electron chi connectivity index (χ2n) is 9.73. The normalized spacial score (nSPS) is 34.4. The Labute approximate surface area is 174 Å². The van der Waals surface area contributed by atoms with Gasteiger partial charge in [-0.1, -0.05) is 17.3 Å². The molecule has 1 saturated carbocycles. The number of fused-ring (bicyclic) bond motifs is 1. The fourth-order valence-corrected chi connectivity index (χ4v) is 5.03. The predicted octanol–water partition coefficient (Wildman–Crippen LogP) is 1.15. The van der Waals surface area contributed by atoms with Gasteiger partial charge < -0.3 is 24.8 Å². The van der Waals surface area contributed by atoms with E-state index in [4.69, 9.17) is 9.26 Å². The summed E-state index contributed by atoms with van der Waals surface area (Å²) in [5.74, 6) is -1.39. The zero-order chi connectivity index (χ0) is 21.4. The van der Waals surface area contributed by atoms with Crippen molar-refractivity contribution >= 4 is 23.5 Å². The summed E-state index contributed by atoms with van der Waals surface area (Å²) in [6, 6.07) is 0.852. The number of nitrogens with zero attached hydrogens (tertiary/aromatic N) is 2. The van der Waals surface area contributed by atoms with Crippen molar-refractivity contribution in [3.05, 3.63) is 24.0 Å². The Balaban J connectivity index is 1.48. The molecule has 1 aliphatic carbocycles. The van der Waals surface area contributed by atoms with Crippen LogP contribution in [0.15, 0.2) is 22.7 Å². The maximum Gasteiger partial charge on any atom is 0.246 e. The van der Waals surface area contributed by atoms with E-state index in [0.29, 0.717) is 11.6 Å². The number of carbonyl (C=O) groups is 3. The van der Waals surface area contributed by atoms with Gasteiger partial charge in [0.2, 0.25) is 17.7 Å². The van der Waals surface area contributed by atoms with E-state index in [9.17, 15) is 14.4 Å². The average Bonchev–Trinajstić information content (AvgIpc) is 3.01. The first-order valence-electron chi connectivity index (χ1n) is 10.4. The Kier molecular flexibility index (Phi) is 3.96. The molecule has 0 radical (unpaired) electrons. The lowest BCUT2D eigenvalue weighted by Crippen LogP contribution is -2.58. The van der Waals surface area contributed by atoms with Crippen LogP contribution in [0, 0.1) is 18.8 Å². The highest BCUT2D eigenvalue weighted by molar-refractivity contribution is 6.02. The van der Waals surface area contributed by atoms with E-state index in [1.165, 1.54) is 0 Å². The van der Waals surface area contributed by atoms with Crippen LogP contribution in [0.3, 0.4) is 0 Å². The number of nitrogens with one attached hydrogen (secondary N) is 2. The van der Waals surface area contributed by atoms with E-state index in [1.807, 2.05) is 26.8 Å². The van der Waals surface area contributed by atoms with Crippen molar-refractivity contribution in [1.82, 2.24) is 15.4 Å². The van der Waals surface area contributed by atoms with Crippen LogP contribution in [0.1, 0.15) is 39.4 Å². The summed E-state index contributed by atoms with van der Waals surface area (Å²) in [7, 11) is 0. The Morgan fingerprint density at radius 3 is 2.60 bits per heavy atom. The van der Waals surface area contributed by atoms with Gasteiger partial charge in [0.05, 0.1) is 17.9 Å². The predicted molar refractivity (Wildman–Crippen MR) is 105 cm³/mol. The van der Waals surface area contributed by atoms with Crippen molar-refractivity contribution in [2.45, 2.75) is 69.9 Å². The number of aromatic nitrogens is 1. The summed E-state index contributed by atoms with van der Waals surface area (Å²) in [5, 5.41) is 9.54. The number of hydrogen-bond acceptors (Lipinski definition) is 6. The molecule has 3 amide bonds. The molecule has 30 heavy (non-hydrogen) atoms. The second kappa shape index (κ2) is 6.16. The molecule has 2 saturated heterocycles. The maximum atomic E-state index is 13.5. The van der Waals surface area contributed by atoms with Crippen molar-refractivity contribution in [3.8, 4) is 0 Å². The van der Waals surface area contributed by atoms with Crippen LogP contribution >= 0.6 is 0 Å². The Hall–Kier alpha value is -2.68. The summed E-state index contributed by atoms with van der Waals surface area (Å²) in [6.07, 6.45) is 4.78. The minimum atomic E-state index is -1.12. The number of rotatable bonds is 4. The van der Waals surface area contributed by atoms with Crippen LogP contribution in [0.5, 0.6) is 0 Å². The van der Waals surface area contributed by atoms with Crippen LogP contribution in [0.4, 0.5) is 5.82 Å². The molecule has 9 nitrogen and oxygen atoms in total. The molecule has 0 unspecified atom stereocenters. The molecule has 1 aromatic rings. The topological polar surface area (TPSA) is 114 Å². The quantitative estimate of drug-likeness (QED) is 0.715. The zero-order valence-electron chi connectivity index (χ0n) is 17.5. The molecule has 9 heteroatoms. The number of aryl methyl sites for hydroxylation is 1. The number of hydrogen-bond donors (Lipinski definition) is 2. The van der Waals surface area contributed by atoms with Crippen molar-refractivity contribution in [2.75, 3.05) is 5.32 Å². The molecular weight excluding hydrogens is 388 g/mol. The zero-order valence-corrected chi connectivity index (χ0v) is 17.5. The van der Waals surface area contributed by atoms with Crippen molar-refractivity contribution in [1.29, 1.82) is 0 Å². The number of ether oxygens (including phenoxy) is 1. The first-order chi connectivity index (χ1) is 14.1. The first kappa shape index (κ1) is 19.3. The van der Waals surface area contributed by atoms with Gasteiger partial charge in [-0.05, 0) is 40.5 Å². The lowest BCUT2D eigenvalue weighted by molar-refractivity contribution is -0.142. The van der Waals surface area contributed by atoms with Crippen LogP contribution in [-0.2, 0) is 19.1 Å². The van der Waals surface area contributed by atoms with Crippen LogP contribution < -0.4 is 10.6 Å². The van der Waals surface area contributed by atoms with Crippen molar-refractivity contribution in [2.24, 2.45) is 11.8 Å².